The predicted octanol–water partition coefficient (Wildman–Crippen LogP) is 5.84. The third-order valence-corrected chi connectivity index (χ3v) is 6.23. The predicted molar refractivity (Wildman–Crippen MR) is 116 cm³/mol. The number of hydrogen-bond donors (Lipinski definition) is 0. The molecule has 0 radical (unpaired) electrons. The second-order valence-corrected chi connectivity index (χ2v) is 9.41. The fraction of sp³-hybridized carbons (Fsp3) is 0.0455. The van der Waals surface area contributed by atoms with Crippen molar-refractivity contribution < 1.29 is 12.8 Å². The topological polar surface area (TPSA) is 64.3 Å². The Bertz CT molecular complexity index is 1410. The van der Waals surface area contributed by atoms with E-state index in [1.54, 1.807) is 54.6 Å². The molecule has 29 heavy (non-hydrogen) atoms. The van der Waals surface area contributed by atoms with E-state index in [-0.39, 0.29) is 21.6 Å². The highest BCUT2D eigenvalue weighted by Gasteiger charge is 2.20. The van der Waals surface area contributed by atoms with Crippen LogP contribution in [-0.2, 0) is 9.84 Å². The normalized spacial score (nSPS) is 11.7. The van der Waals surface area contributed by atoms with Crippen molar-refractivity contribution in [2.75, 3.05) is 6.26 Å². The third-order valence-electron chi connectivity index (χ3n) is 4.54. The van der Waals surface area contributed by atoms with Crippen molar-refractivity contribution in [3.8, 4) is 22.5 Å². The van der Waals surface area contributed by atoms with Crippen LogP contribution < -0.4 is 5.43 Å². The summed E-state index contributed by atoms with van der Waals surface area (Å²) in [6.45, 7) is 0. The van der Waals surface area contributed by atoms with Gasteiger partial charge < -0.3 is 4.42 Å². The summed E-state index contributed by atoms with van der Waals surface area (Å²) in [5.41, 5.74) is 1.43. The van der Waals surface area contributed by atoms with Crippen LogP contribution in [0.1, 0.15) is 0 Å². The minimum atomic E-state index is -3.35. The summed E-state index contributed by atoms with van der Waals surface area (Å²) in [6.07, 6.45) is 1.13. The molecule has 146 valence electrons. The number of sulfone groups is 1. The Morgan fingerprint density at radius 1 is 0.897 bits per heavy atom. The van der Waals surface area contributed by atoms with E-state index in [9.17, 15) is 13.2 Å². The molecule has 0 N–H and O–H groups in total. The van der Waals surface area contributed by atoms with Gasteiger partial charge in [0.25, 0.3) is 0 Å². The highest BCUT2D eigenvalue weighted by Crippen LogP contribution is 2.37. The Labute approximate surface area is 177 Å². The second kappa shape index (κ2) is 7.34. The minimum absolute atomic E-state index is 0.173. The molecule has 0 saturated heterocycles. The largest absolute Gasteiger partial charge is 0.455 e. The van der Waals surface area contributed by atoms with E-state index in [0.29, 0.717) is 32.1 Å². The van der Waals surface area contributed by atoms with Crippen molar-refractivity contribution in [3.05, 3.63) is 87.0 Å². The number of hydrogen-bond acceptors (Lipinski definition) is 4. The molecule has 4 rings (SSSR count). The highest BCUT2D eigenvalue weighted by molar-refractivity contribution is 7.90. The standard InChI is InChI=1S/C22H14Cl2O4S/c1-29(26,27)15-9-6-13(7-10-15)22-20(17-12-14(23)8-11-18(17)24)21(25)16-4-2-3-5-19(16)28-22/h2-12H,1H3. The van der Waals surface area contributed by atoms with Crippen molar-refractivity contribution in [1.29, 1.82) is 0 Å². The molecule has 0 aliphatic heterocycles. The maximum atomic E-state index is 13.4. The molecule has 0 unspecified atom stereocenters. The van der Waals surface area contributed by atoms with Crippen LogP contribution in [0.5, 0.6) is 0 Å². The van der Waals surface area contributed by atoms with Gasteiger partial charge in [-0.25, -0.2) is 8.42 Å². The summed E-state index contributed by atoms with van der Waals surface area (Å²) in [5.74, 6) is 0.290. The first-order valence-electron chi connectivity index (χ1n) is 8.57. The number of halogens is 2. The lowest BCUT2D eigenvalue weighted by Crippen LogP contribution is -2.08. The number of para-hydroxylation sites is 1. The van der Waals surface area contributed by atoms with E-state index in [1.807, 2.05) is 0 Å². The molecule has 0 saturated carbocycles. The van der Waals surface area contributed by atoms with Crippen molar-refractivity contribution in [2.45, 2.75) is 4.90 Å². The SMILES string of the molecule is CS(=O)(=O)c1ccc(-c2oc3ccccc3c(=O)c2-c2cc(Cl)ccc2Cl)cc1. The van der Waals surface area contributed by atoms with Gasteiger partial charge in [0, 0.05) is 27.4 Å². The molecule has 0 aliphatic carbocycles. The van der Waals surface area contributed by atoms with Gasteiger partial charge in [-0.3, -0.25) is 4.79 Å². The van der Waals surface area contributed by atoms with Crippen LogP contribution in [0.25, 0.3) is 33.4 Å². The lowest BCUT2D eigenvalue weighted by Gasteiger charge is -2.12. The van der Waals surface area contributed by atoms with Gasteiger partial charge in [-0.15, -0.1) is 0 Å². The first-order chi connectivity index (χ1) is 13.8. The van der Waals surface area contributed by atoms with Crippen molar-refractivity contribution in [1.82, 2.24) is 0 Å². The summed E-state index contributed by atoms with van der Waals surface area (Å²) in [4.78, 5) is 13.5. The molecule has 3 aromatic carbocycles. The molecule has 4 aromatic rings. The monoisotopic (exact) mass is 444 g/mol. The van der Waals surface area contributed by atoms with Crippen LogP contribution in [0.4, 0.5) is 0 Å². The van der Waals surface area contributed by atoms with E-state index in [2.05, 4.69) is 0 Å². The van der Waals surface area contributed by atoms with Gasteiger partial charge in [-0.05, 0) is 54.6 Å². The van der Waals surface area contributed by atoms with Crippen LogP contribution in [0, 0.1) is 0 Å². The average molecular weight is 445 g/mol. The van der Waals surface area contributed by atoms with Crippen LogP contribution in [-0.4, -0.2) is 14.7 Å². The molecule has 1 aromatic heterocycles. The fourth-order valence-electron chi connectivity index (χ4n) is 3.13. The molecule has 0 fully saturated rings. The zero-order valence-electron chi connectivity index (χ0n) is 15.1. The molecule has 0 bridgehead atoms. The first kappa shape index (κ1) is 19.7. The Morgan fingerprint density at radius 2 is 1.59 bits per heavy atom. The van der Waals surface area contributed by atoms with E-state index in [0.717, 1.165) is 6.26 Å². The maximum Gasteiger partial charge on any atom is 0.201 e. The summed E-state index contributed by atoms with van der Waals surface area (Å²) in [7, 11) is -3.35. The zero-order chi connectivity index (χ0) is 20.8. The Morgan fingerprint density at radius 3 is 2.28 bits per heavy atom. The molecular weight excluding hydrogens is 431 g/mol. The molecule has 0 atom stereocenters. The van der Waals surface area contributed by atoms with Gasteiger partial charge in [-0.2, -0.15) is 0 Å². The first-order valence-corrected chi connectivity index (χ1v) is 11.2. The average Bonchev–Trinajstić information content (AvgIpc) is 2.69. The zero-order valence-corrected chi connectivity index (χ0v) is 17.5. The van der Waals surface area contributed by atoms with Gasteiger partial charge in [0.2, 0.25) is 5.43 Å². The fourth-order valence-corrected chi connectivity index (χ4v) is 4.15. The lowest BCUT2D eigenvalue weighted by molar-refractivity contribution is 0.601. The summed E-state index contributed by atoms with van der Waals surface area (Å²) < 4.78 is 29.6. The second-order valence-electron chi connectivity index (χ2n) is 6.55. The number of fused-ring (bicyclic) bond motifs is 1. The van der Waals surface area contributed by atoms with Gasteiger partial charge >= 0.3 is 0 Å². The molecule has 0 spiro atoms. The highest BCUT2D eigenvalue weighted by atomic mass is 35.5. The molecular formula is C22H14Cl2O4S. The molecule has 0 amide bonds. The van der Waals surface area contributed by atoms with Gasteiger partial charge in [0.1, 0.15) is 11.3 Å². The van der Waals surface area contributed by atoms with E-state index in [1.165, 1.54) is 12.1 Å². The van der Waals surface area contributed by atoms with Crippen molar-refractivity contribution >= 4 is 44.0 Å². The summed E-state index contributed by atoms with van der Waals surface area (Å²) >= 11 is 12.5. The summed E-state index contributed by atoms with van der Waals surface area (Å²) in [6, 6.07) is 17.9. The molecule has 0 aliphatic rings. The van der Waals surface area contributed by atoms with Crippen LogP contribution >= 0.6 is 23.2 Å². The van der Waals surface area contributed by atoms with E-state index in [4.69, 9.17) is 27.6 Å². The van der Waals surface area contributed by atoms with E-state index >= 15 is 0 Å². The van der Waals surface area contributed by atoms with Gasteiger partial charge in [0.15, 0.2) is 9.84 Å². The van der Waals surface area contributed by atoms with E-state index < -0.39 is 9.84 Å². The molecule has 7 heteroatoms. The third kappa shape index (κ3) is 3.69. The minimum Gasteiger partial charge on any atom is -0.455 e. The lowest BCUT2D eigenvalue weighted by atomic mass is 9.98. The number of benzene rings is 3. The Hall–Kier alpha value is -2.60. The molecule has 1 heterocycles. The quantitative estimate of drug-likeness (QED) is 0.398. The Kier molecular flexibility index (Phi) is 4.99. The smallest absolute Gasteiger partial charge is 0.201 e. The number of rotatable bonds is 3. The van der Waals surface area contributed by atoms with Gasteiger partial charge in [-0.1, -0.05) is 35.3 Å². The summed E-state index contributed by atoms with van der Waals surface area (Å²) in [5, 5.41) is 1.19. The Balaban J connectivity index is 2.08. The van der Waals surface area contributed by atoms with Crippen molar-refractivity contribution in [2.24, 2.45) is 0 Å². The van der Waals surface area contributed by atoms with Gasteiger partial charge in [0.05, 0.1) is 15.8 Å². The maximum absolute atomic E-state index is 13.4. The van der Waals surface area contributed by atoms with Crippen molar-refractivity contribution in [3.63, 3.8) is 0 Å². The van der Waals surface area contributed by atoms with Crippen LogP contribution in [0.3, 0.4) is 0 Å². The van der Waals surface area contributed by atoms with Crippen LogP contribution in [0.2, 0.25) is 10.0 Å². The molecule has 4 nitrogen and oxygen atoms in total. The van der Waals surface area contributed by atoms with Crippen LogP contribution in [0.15, 0.2) is 80.8 Å².